The number of amides is 1. The molecule has 4 nitrogen and oxygen atoms in total. The van der Waals surface area contributed by atoms with Crippen LogP contribution in [-0.4, -0.2) is 34.5 Å². The van der Waals surface area contributed by atoms with Crippen molar-refractivity contribution in [2.45, 2.75) is 38.1 Å². The van der Waals surface area contributed by atoms with Gasteiger partial charge in [0.1, 0.15) is 5.82 Å². The van der Waals surface area contributed by atoms with Gasteiger partial charge >= 0.3 is 5.97 Å². The Morgan fingerprint density at radius 2 is 2.14 bits per heavy atom. The number of hydrogen-bond donors (Lipinski definition) is 1. The molecule has 1 unspecified atom stereocenters. The molecule has 0 spiro atoms. The monoisotopic (exact) mass is 313 g/mol. The fourth-order valence-corrected chi connectivity index (χ4v) is 2.77. The third kappa shape index (κ3) is 3.94. The van der Waals surface area contributed by atoms with Crippen molar-refractivity contribution in [1.29, 1.82) is 0 Å². The first-order valence-corrected chi connectivity index (χ1v) is 7.34. The summed E-state index contributed by atoms with van der Waals surface area (Å²) < 4.78 is 13.5. The largest absolute Gasteiger partial charge is 0.481 e. The van der Waals surface area contributed by atoms with Gasteiger partial charge in [0.2, 0.25) is 0 Å². The summed E-state index contributed by atoms with van der Waals surface area (Å²) in [4.78, 5) is 24.9. The van der Waals surface area contributed by atoms with E-state index >= 15 is 0 Å². The lowest BCUT2D eigenvalue weighted by Gasteiger charge is -2.35. The number of aliphatic carboxylic acids is 1. The zero-order valence-electron chi connectivity index (χ0n) is 11.5. The number of benzene rings is 1. The van der Waals surface area contributed by atoms with E-state index in [1.807, 2.05) is 0 Å². The van der Waals surface area contributed by atoms with Crippen LogP contribution in [0.1, 0.15) is 42.5 Å². The molecule has 0 saturated carbocycles. The Morgan fingerprint density at radius 1 is 1.38 bits per heavy atom. The molecule has 1 aliphatic rings. The van der Waals surface area contributed by atoms with Gasteiger partial charge in [-0.2, -0.15) is 0 Å². The van der Waals surface area contributed by atoms with Crippen LogP contribution < -0.4 is 0 Å². The molecule has 1 N–H and O–H groups in total. The number of likely N-dealkylation sites (tertiary alicyclic amines) is 1. The lowest BCUT2D eigenvalue weighted by molar-refractivity contribution is -0.137. The Morgan fingerprint density at radius 3 is 2.81 bits per heavy atom. The number of carboxylic acids is 1. The molecule has 6 heteroatoms. The molecule has 1 heterocycles. The Balaban J connectivity index is 2.13. The minimum absolute atomic E-state index is 0.0207. The Hall–Kier alpha value is -1.62. The minimum Gasteiger partial charge on any atom is -0.481 e. The number of carbonyl (C=O) groups is 2. The summed E-state index contributed by atoms with van der Waals surface area (Å²) in [5, 5.41) is 8.76. The topological polar surface area (TPSA) is 57.6 Å². The SMILES string of the molecule is O=C(O)CCC1CCCCN1C(=O)c1ccc(Cl)c(F)c1. The highest BCUT2D eigenvalue weighted by molar-refractivity contribution is 6.30. The maximum Gasteiger partial charge on any atom is 0.303 e. The second kappa shape index (κ2) is 6.89. The van der Waals surface area contributed by atoms with Crippen LogP contribution in [0.3, 0.4) is 0 Å². The second-order valence-electron chi connectivity index (χ2n) is 5.21. The van der Waals surface area contributed by atoms with Gasteiger partial charge in [-0.25, -0.2) is 4.39 Å². The van der Waals surface area contributed by atoms with Gasteiger partial charge in [-0.05, 0) is 43.9 Å². The number of piperidine rings is 1. The molecular formula is C15H17ClFNO3. The quantitative estimate of drug-likeness (QED) is 0.927. The number of nitrogens with zero attached hydrogens (tertiary/aromatic N) is 1. The van der Waals surface area contributed by atoms with Crippen molar-refractivity contribution in [3.8, 4) is 0 Å². The van der Waals surface area contributed by atoms with E-state index in [1.54, 1.807) is 4.90 Å². The van der Waals surface area contributed by atoms with Crippen LogP contribution in [0.15, 0.2) is 18.2 Å². The molecule has 1 aliphatic heterocycles. The summed E-state index contributed by atoms with van der Waals surface area (Å²) in [5.74, 6) is -1.76. The summed E-state index contributed by atoms with van der Waals surface area (Å²) in [5.41, 5.74) is 0.249. The Kier molecular flexibility index (Phi) is 5.17. The number of halogens is 2. The molecular weight excluding hydrogens is 297 g/mol. The predicted molar refractivity (Wildman–Crippen MR) is 77.0 cm³/mol. The second-order valence-corrected chi connectivity index (χ2v) is 5.62. The van der Waals surface area contributed by atoms with Crippen LogP contribution in [0.5, 0.6) is 0 Å². The number of hydrogen-bond acceptors (Lipinski definition) is 2. The highest BCUT2D eigenvalue weighted by atomic mass is 35.5. The van der Waals surface area contributed by atoms with Crippen molar-refractivity contribution in [3.05, 3.63) is 34.6 Å². The van der Waals surface area contributed by atoms with Gasteiger partial charge in [-0.3, -0.25) is 9.59 Å². The van der Waals surface area contributed by atoms with E-state index < -0.39 is 11.8 Å². The molecule has 1 saturated heterocycles. The minimum atomic E-state index is -0.870. The van der Waals surface area contributed by atoms with Crippen LogP contribution in [0.2, 0.25) is 5.02 Å². The van der Waals surface area contributed by atoms with E-state index in [0.717, 1.165) is 25.3 Å². The van der Waals surface area contributed by atoms with Gasteiger partial charge in [-0.1, -0.05) is 11.6 Å². The standard InChI is InChI=1S/C15H17ClFNO3/c16-12-6-4-10(9-13(12)17)15(21)18-8-2-1-3-11(18)5-7-14(19)20/h4,6,9,11H,1-3,5,7-8H2,(H,19,20). The summed E-state index contributed by atoms with van der Waals surface area (Å²) in [6.07, 6.45) is 3.10. The van der Waals surface area contributed by atoms with Crippen molar-refractivity contribution in [2.24, 2.45) is 0 Å². The normalized spacial score (nSPS) is 18.6. The summed E-state index contributed by atoms with van der Waals surface area (Å²) in [7, 11) is 0. The molecule has 1 aromatic carbocycles. The van der Waals surface area contributed by atoms with Crippen LogP contribution in [0, 0.1) is 5.82 Å². The van der Waals surface area contributed by atoms with Crippen molar-refractivity contribution in [1.82, 2.24) is 4.90 Å². The zero-order chi connectivity index (χ0) is 15.4. The first-order valence-electron chi connectivity index (χ1n) is 6.97. The Bertz CT molecular complexity index is 550. The van der Waals surface area contributed by atoms with Crippen molar-refractivity contribution in [3.63, 3.8) is 0 Å². The molecule has 0 aliphatic carbocycles. The molecule has 2 rings (SSSR count). The average molecular weight is 314 g/mol. The molecule has 21 heavy (non-hydrogen) atoms. The predicted octanol–water partition coefficient (Wildman–Crippen LogP) is 3.34. The molecule has 0 radical (unpaired) electrons. The van der Waals surface area contributed by atoms with E-state index in [4.69, 9.17) is 16.7 Å². The third-order valence-electron chi connectivity index (χ3n) is 3.75. The lowest BCUT2D eigenvalue weighted by Crippen LogP contribution is -2.44. The van der Waals surface area contributed by atoms with Crippen LogP contribution in [-0.2, 0) is 4.79 Å². The molecule has 1 aromatic rings. The summed E-state index contributed by atoms with van der Waals surface area (Å²) in [6.45, 7) is 0.577. The smallest absolute Gasteiger partial charge is 0.303 e. The zero-order valence-corrected chi connectivity index (χ0v) is 12.3. The van der Waals surface area contributed by atoms with Crippen LogP contribution in [0.25, 0.3) is 0 Å². The van der Waals surface area contributed by atoms with Crippen LogP contribution in [0.4, 0.5) is 4.39 Å². The average Bonchev–Trinajstić information content (AvgIpc) is 2.47. The highest BCUT2D eigenvalue weighted by Gasteiger charge is 2.28. The van der Waals surface area contributed by atoms with Gasteiger partial charge in [0.25, 0.3) is 5.91 Å². The van der Waals surface area contributed by atoms with Gasteiger partial charge in [-0.15, -0.1) is 0 Å². The third-order valence-corrected chi connectivity index (χ3v) is 4.05. The number of rotatable bonds is 4. The Labute approximate surface area is 127 Å². The van der Waals surface area contributed by atoms with Gasteiger partial charge in [0, 0.05) is 24.6 Å². The molecule has 1 atom stereocenters. The molecule has 0 bridgehead atoms. The molecule has 1 amide bonds. The van der Waals surface area contributed by atoms with Gasteiger partial charge in [0.05, 0.1) is 5.02 Å². The van der Waals surface area contributed by atoms with E-state index in [2.05, 4.69) is 0 Å². The maximum absolute atomic E-state index is 13.5. The number of carbonyl (C=O) groups excluding carboxylic acids is 1. The van der Waals surface area contributed by atoms with Crippen molar-refractivity contribution < 1.29 is 19.1 Å². The van der Waals surface area contributed by atoms with Crippen molar-refractivity contribution in [2.75, 3.05) is 6.54 Å². The van der Waals surface area contributed by atoms with Gasteiger partial charge < -0.3 is 10.0 Å². The van der Waals surface area contributed by atoms with Crippen molar-refractivity contribution >= 4 is 23.5 Å². The first-order chi connectivity index (χ1) is 9.99. The van der Waals surface area contributed by atoms with E-state index in [1.165, 1.54) is 12.1 Å². The van der Waals surface area contributed by atoms with E-state index in [-0.39, 0.29) is 29.0 Å². The fourth-order valence-electron chi connectivity index (χ4n) is 2.65. The molecule has 1 fully saturated rings. The van der Waals surface area contributed by atoms with E-state index in [0.29, 0.717) is 13.0 Å². The maximum atomic E-state index is 13.5. The summed E-state index contributed by atoms with van der Waals surface area (Å²) in [6, 6.07) is 3.89. The first kappa shape index (κ1) is 15.8. The number of carboxylic acid groups (broad SMARTS) is 1. The highest BCUT2D eigenvalue weighted by Crippen LogP contribution is 2.24. The lowest BCUT2D eigenvalue weighted by atomic mass is 9.97. The summed E-state index contributed by atoms with van der Waals surface area (Å²) >= 11 is 5.62. The van der Waals surface area contributed by atoms with Gasteiger partial charge in [0.15, 0.2) is 0 Å². The van der Waals surface area contributed by atoms with E-state index in [9.17, 15) is 14.0 Å². The fraction of sp³-hybridized carbons (Fsp3) is 0.467. The molecule has 114 valence electrons. The molecule has 0 aromatic heterocycles. The van der Waals surface area contributed by atoms with Crippen LogP contribution >= 0.6 is 11.6 Å².